The Kier molecular flexibility index (Phi) is 4.07. The van der Waals surface area contributed by atoms with Crippen molar-refractivity contribution in [1.82, 2.24) is 0 Å². The van der Waals surface area contributed by atoms with Gasteiger partial charge in [0.05, 0.1) is 19.0 Å². The molecule has 0 bridgehead atoms. The summed E-state index contributed by atoms with van der Waals surface area (Å²) in [6.07, 6.45) is 14.6. The number of hydrogen-bond acceptors (Lipinski definition) is 2. The van der Waals surface area contributed by atoms with Gasteiger partial charge in [0.25, 0.3) is 0 Å². The molecule has 0 aromatic heterocycles. The van der Waals surface area contributed by atoms with E-state index >= 15 is 0 Å². The van der Waals surface area contributed by atoms with Crippen LogP contribution in [0.2, 0.25) is 0 Å². The van der Waals surface area contributed by atoms with Gasteiger partial charge in [0, 0.05) is 13.5 Å². The van der Waals surface area contributed by atoms with Gasteiger partial charge in [-0.3, -0.25) is 0 Å². The molecule has 4 rings (SSSR count). The van der Waals surface area contributed by atoms with Crippen molar-refractivity contribution in [2.75, 3.05) is 14.2 Å². The second kappa shape index (κ2) is 5.95. The Morgan fingerprint density at radius 3 is 2.78 bits per heavy atom. The van der Waals surface area contributed by atoms with Crippen molar-refractivity contribution in [1.29, 1.82) is 0 Å². The highest BCUT2D eigenvalue weighted by atomic mass is 16.5. The zero-order chi connectivity index (χ0) is 16.0. The van der Waals surface area contributed by atoms with E-state index in [1.54, 1.807) is 11.1 Å². The van der Waals surface area contributed by atoms with E-state index in [2.05, 4.69) is 13.0 Å². The molecule has 0 spiro atoms. The molecule has 2 saturated carbocycles. The topological polar surface area (TPSA) is 18.5 Å². The molecule has 0 unspecified atom stereocenters. The van der Waals surface area contributed by atoms with Crippen LogP contribution in [-0.4, -0.2) is 20.3 Å². The van der Waals surface area contributed by atoms with Crippen LogP contribution in [-0.2, 0) is 9.47 Å². The first-order valence-electron chi connectivity index (χ1n) is 9.70. The molecular formula is C21H32O2. The standard InChI is InChI=1S/C21H32O2/c1-4-21-12-11-17-16-8-6-15(22-2)13-14(16)5-7-18(17)19(21)9-10-20(21)23-3/h6,17-20H,4-5,7-13H2,1-3H3/t17-,18-,19+,20+,21+/m1/s1. The first kappa shape index (κ1) is 15.7. The summed E-state index contributed by atoms with van der Waals surface area (Å²) in [5.41, 5.74) is 4.00. The fourth-order valence-electron chi connectivity index (χ4n) is 6.83. The fourth-order valence-corrected chi connectivity index (χ4v) is 6.83. The Bertz CT molecular complexity index is 532. The molecule has 4 aliphatic carbocycles. The number of rotatable bonds is 3. The molecule has 2 heteroatoms. The predicted molar refractivity (Wildman–Crippen MR) is 93.0 cm³/mol. The second-order valence-electron chi connectivity index (χ2n) is 8.23. The summed E-state index contributed by atoms with van der Waals surface area (Å²) in [7, 11) is 3.76. The summed E-state index contributed by atoms with van der Waals surface area (Å²) < 4.78 is 11.5. The monoisotopic (exact) mass is 316 g/mol. The Hall–Kier alpha value is -0.760. The SMILES string of the molecule is CC[C@]12CC[C@@H]3C4=C(CC[C@H]3[C@@H]1CC[C@@H]2OC)CC(OC)=CC4. The number of allylic oxidation sites excluding steroid dienone is 3. The van der Waals surface area contributed by atoms with Gasteiger partial charge < -0.3 is 9.47 Å². The van der Waals surface area contributed by atoms with Crippen molar-refractivity contribution >= 4 is 0 Å². The van der Waals surface area contributed by atoms with Crippen LogP contribution in [0.4, 0.5) is 0 Å². The maximum atomic E-state index is 5.95. The molecule has 5 atom stereocenters. The van der Waals surface area contributed by atoms with Gasteiger partial charge in [-0.05, 0) is 80.6 Å². The van der Waals surface area contributed by atoms with E-state index in [0.29, 0.717) is 11.5 Å². The summed E-state index contributed by atoms with van der Waals surface area (Å²) in [5.74, 6) is 3.87. The summed E-state index contributed by atoms with van der Waals surface area (Å²) >= 11 is 0. The van der Waals surface area contributed by atoms with Crippen molar-refractivity contribution in [3.63, 3.8) is 0 Å². The lowest BCUT2D eigenvalue weighted by molar-refractivity contribution is -0.0655. The average molecular weight is 316 g/mol. The van der Waals surface area contributed by atoms with Crippen molar-refractivity contribution < 1.29 is 9.47 Å². The van der Waals surface area contributed by atoms with Crippen molar-refractivity contribution in [3.8, 4) is 0 Å². The van der Waals surface area contributed by atoms with E-state index in [1.807, 2.05) is 14.2 Å². The number of methoxy groups -OCH3 is 2. The Morgan fingerprint density at radius 2 is 2.04 bits per heavy atom. The highest BCUT2D eigenvalue weighted by Gasteiger charge is 2.56. The van der Waals surface area contributed by atoms with E-state index in [1.165, 1.54) is 50.7 Å². The molecule has 4 aliphatic rings. The zero-order valence-corrected chi connectivity index (χ0v) is 15.1. The van der Waals surface area contributed by atoms with Gasteiger partial charge in [-0.25, -0.2) is 0 Å². The van der Waals surface area contributed by atoms with Crippen LogP contribution in [0, 0.1) is 23.2 Å². The average Bonchev–Trinajstić information content (AvgIpc) is 2.99. The van der Waals surface area contributed by atoms with Crippen LogP contribution in [0.15, 0.2) is 23.0 Å². The first-order chi connectivity index (χ1) is 11.2. The molecule has 0 aromatic carbocycles. The Labute approximate surface area is 141 Å². The molecule has 0 aromatic rings. The molecular weight excluding hydrogens is 284 g/mol. The van der Waals surface area contributed by atoms with E-state index in [0.717, 1.165) is 30.6 Å². The lowest BCUT2D eigenvalue weighted by atomic mass is 9.53. The first-order valence-corrected chi connectivity index (χ1v) is 9.70. The number of fused-ring (bicyclic) bond motifs is 4. The fraction of sp³-hybridized carbons (Fsp3) is 0.810. The molecule has 0 radical (unpaired) electrons. The zero-order valence-electron chi connectivity index (χ0n) is 15.1. The van der Waals surface area contributed by atoms with Crippen LogP contribution < -0.4 is 0 Å². The lowest BCUT2D eigenvalue weighted by Crippen LogP contribution is -2.47. The van der Waals surface area contributed by atoms with Crippen molar-refractivity contribution in [2.45, 2.75) is 70.8 Å². The highest BCUT2D eigenvalue weighted by molar-refractivity contribution is 5.32. The molecule has 2 fully saturated rings. The van der Waals surface area contributed by atoms with Gasteiger partial charge in [0.1, 0.15) is 0 Å². The molecule has 0 saturated heterocycles. The van der Waals surface area contributed by atoms with E-state index < -0.39 is 0 Å². The predicted octanol–water partition coefficient (Wildman–Crippen LogP) is 5.25. The minimum absolute atomic E-state index is 0.482. The van der Waals surface area contributed by atoms with Gasteiger partial charge in [0.15, 0.2) is 0 Å². The third kappa shape index (κ3) is 2.24. The van der Waals surface area contributed by atoms with Crippen LogP contribution in [0.5, 0.6) is 0 Å². The largest absolute Gasteiger partial charge is 0.501 e. The molecule has 0 N–H and O–H groups in total. The molecule has 2 nitrogen and oxygen atoms in total. The molecule has 23 heavy (non-hydrogen) atoms. The Morgan fingerprint density at radius 1 is 1.17 bits per heavy atom. The highest BCUT2D eigenvalue weighted by Crippen LogP contribution is 2.63. The summed E-state index contributed by atoms with van der Waals surface area (Å²) in [5, 5.41) is 0. The van der Waals surface area contributed by atoms with Gasteiger partial charge in [-0.2, -0.15) is 0 Å². The second-order valence-corrected chi connectivity index (χ2v) is 8.23. The normalized spacial score (nSPS) is 42.7. The van der Waals surface area contributed by atoms with Gasteiger partial charge >= 0.3 is 0 Å². The van der Waals surface area contributed by atoms with Crippen LogP contribution in [0.25, 0.3) is 0 Å². The number of ether oxygens (including phenoxy) is 2. The van der Waals surface area contributed by atoms with Crippen molar-refractivity contribution in [2.24, 2.45) is 23.2 Å². The minimum atomic E-state index is 0.482. The third-order valence-electron chi connectivity index (χ3n) is 7.90. The summed E-state index contributed by atoms with van der Waals surface area (Å²) in [6, 6.07) is 0. The molecule has 0 heterocycles. The van der Waals surface area contributed by atoms with Gasteiger partial charge in [-0.1, -0.05) is 18.1 Å². The third-order valence-corrected chi connectivity index (χ3v) is 7.90. The van der Waals surface area contributed by atoms with Crippen LogP contribution >= 0.6 is 0 Å². The summed E-state index contributed by atoms with van der Waals surface area (Å²) in [4.78, 5) is 0. The number of hydrogen-bond donors (Lipinski definition) is 0. The van der Waals surface area contributed by atoms with E-state index in [9.17, 15) is 0 Å². The van der Waals surface area contributed by atoms with Crippen LogP contribution in [0.1, 0.15) is 64.7 Å². The lowest BCUT2D eigenvalue weighted by Gasteiger charge is -2.53. The molecule has 0 aliphatic heterocycles. The quantitative estimate of drug-likeness (QED) is 0.662. The van der Waals surface area contributed by atoms with Crippen LogP contribution in [0.3, 0.4) is 0 Å². The maximum absolute atomic E-state index is 5.95. The van der Waals surface area contributed by atoms with Crippen molar-refractivity contribution in [3.05, 3.63) is 23.0 Å². The summed E-state index contributed by atoms with van der Waals surface area (Å²) in [6.45, 7) is 2.41. The van der Waals surface area contributed by atoms with Gasteiger partial charge in [-0.15, -0.1) is 0 Å². The molecule has 128 valence electrons. The molecule has 0 amide bonds. The Balaban J connectivity index is 1.60. The van der Waals surface area contributed by atoms with E-state index in [4.69, 9.17) is 9.47 Å². The smallest absolute Gasteiger partial charge is 0.0959 e. The van der Waals surface area contributed by atoms with E-state index in [-0.39, 0.29) is 0 Å². The minimum Gasteiger partial charge on any atom is -0.501 e. The maximum Gasteiger partial charge on any atom is 0.0959 e. The van der Waals surface area contributed by atoms with Gasteiger partial charge in [0.2, 0.25) is 0 Å².